The van der Waals surface area contributed by atoms with Crippen LogP contribution >= 0.6 is 0 Å². The van der Waals surface area contributed by atoms with Crippen LogP contribution in [0.5, 0.6) is 0 Å². The number of hydrogen-bond acceptors (Lipinski definition) is 4. The van der Waals surface area contributed by atoms with Gasteiger partial charge in [-0.3, -0.25) is 4.79 Å². The summed E-state index contributed by atoms with van der Waals surface area (Å²) in [6.07, 6.45) is 3.78. The third-order valence-electron chi connectivity index (χ3n) is 5.29. The fourth-order valence-electron chi connectivity index (χ4n) is 3.79. The van der Waals surface area contributed by atoms with E-state index in [9.17, 15) is 9.59 Å². The lowest BCUT2D eigenvalue weighted by molar-refractivity contribution is 0.0946. The number of nitrogens with zero attached hydrogens (tertiary/aromatic N) is 1. The molecule has 0 unspecified atom stereocenters. The molecular weight excluding hydrogens is 340 g/mol. The highest BCUT2D eigenvalue weighted by molar-refractivity contribution is 6.07. The summed E-state index contributed by atoms with van der Waals surface area (Å²) in [4.78, 5) is 27.3. The Hall–Kier alpha value is -2.66. The van der Waals surface area contributed by atoms with Gasteiger partial charge in [-0.25, -0.2) is 4.79 Å². The summed E-state index contributed by atoms with van der Waals surface area (Å²) in [5.41, 5.74) is 1.69. The van der Waals surface area contributed by atoms with Crippen molar-refractivity contribution in [3.63, 3.8) is 0 Å². The highest BCUT2D eigenvalue weighted by Gasteiger charge is 2.13. The van der Waals surface area contributed by atoms with E-state index in [0.717, 1.165) is 36.0 Å². The number of amides is 1. The van der Waals surface area contributed by atoms with E-state index in [1.807, 2.05) is 31.2 Å². The highest BCUT2D eigenvalue weighted by atomic mass is 16.4. The van der Waals surface area contributed by atoms with Crippen LogP contribution in [0.25, 0.3) is 21.7 Å². The lowest BCUT2D eigenvalue weighted by atomic mass is 10.0. The number of fused-ring (bicyclic) bond motifs is 3. The summed E-state index contributed by atoms with van der Waals surface area (Å²) < 4.78 is 5.46. The molecule has 140 valence electrons. The van der Waals surface area contributed by atoms with Gasteiger partial charge in [0.15, 0.2) is 0 Å². The van der Waals surface area contributed by atoms with Gasteiger partial charge in [-0.05, 0) is 62.0 Å². The molecule has 0 saturated carbocycles. The lowest BCUT2D eigenvalue weighted by Crippen LogP contribution is -2.37. The number of rotatable bonds is 4. The van der Waals surface area contributed by atoms with Gasteiger partial charge < -0.3 is 14.6 Å². The molecule has 0 atom stereocenters. The second-order valence-electron chi connectivity index (χ2n) is 7.31. The fraction of sp³-hybridized carbons (Fsp3) is 0.364. The zero-order valence-corrected chi connectivity index (χ0v) is 15.6. The van der Waals surface area contributed by atoms with E-state index in [0.29, 0.717) is 23.1 Å². The van der Waals surface area contributed by atoms with Gasteiger partial charge in [0.2, 0.25) is 0 Å². The second kappa shape index (κ2) is 7.53. The molecule has 27 heavy (non-hydrogen) atoms. The Balaban J connectivity index is 1.54. The number of aryl methyl sites for hydroxylation is 1. The van der Waals surface area contributed by atoms with E-state index in [-0.39, 0.29) is 5.91 Å². The van der Waals surface area contributed by atoms with E-state index in [2.05, 4.69) is 10.2 Å². The van der Waals surface area contributed by atoms with Crippen LogP contribution in [0.4, 0.5) is 0 Å². The number of hydrogen-bond donors (Lipinski definition) is 1. The van der Waals surface area contributed by atoms with Crippen molar-refractivity contribution >= 4 is 27.6 Å². The van der Waals surface area contributed by atoms with Gasteiger partial charge in [0.05, 0.1) is 5.39 Å². The summed E-state index contributed by atoms with van der Waals surface area (Å²) in [5, 5.41) is 5.09. The van der Waals surface area contributed by atoms with Crippen molar-refractivity contribution in [3.8, 4) is 0 Å². The number of carbonyl (C=O) groups excluding carboxylic acids is 1. The van der Waals surface area contributed by atoms with Crippen molar-refractivity contribution in [1.29, 1.82) is 0 Å². The van der Waals surface area contributed by atoms with Crippen LogP contribution in [0.1, 0.15) is 35.2 Å². The standard InChI is InChI=1S/C22H24N2O3/c1-15-5-7-18-17-8-6-16(14-19(17)22(26)27-20(18)13-15)21(25)23-9-12-24-10-3-2-4-11-24/h5-8,13-14H,2-4,9-12H2,1H3,(H,23,25). The van der Waals surface area contributed by atoms with Crippen molar-refractivity contribution in [2.24, 2.45) is 0 Å². The lowest BCUT2D eigenvalue weighted by Gasteiger charge is -2.26. The van der Waals surface area contributed by atoms with E-state index in [4.69, 9.17) is 4.42 Å². The minimum Gasteiger partial charge on any atom is -0.422 e. The van der Waals surface area contributed by atoms with Crippen LogP contribution in [-0.2, 0) is 0 Å². The summed E-state index contributed by atoms with van der Waals surface area (Å²) in [7, 11) is 0. The number of nitrogens with one attached hydrogen (secondary N) is 1. The Morgan fingerprint density at radius 2 is 1.81 bits per heavy atom. The van der Waals surface area contributed by atoms with E-state index < -0.39 is 5.63 Å². The quantitative estimate of drug-likeness (QED) is 0.569. The SMILES string of the molecule is Cc1ccc2c(c1)oc(=O)c1cc(C(=O)NCCN3CCCCC3)ccc12. The minimum atomic E-state index is -0.411. The summed E-state index contributed by atoms with van der Waals surface area (Å²) >= 11 is 0. The maximum atomic E-state index is 12.5. The van der Waals surface area contributed by atoms with Crippen molar-refractivity contribution in [2.45, 2.75) is 26.2 Å². The zero-order chi connectivity index (χ0) is 18.8. The van der Waals surface area contributed by atoms with Gasteiger partial charge in [-0.1, -0.05) is 24.6 Å². The second-order valence-corrected chi connectivity index (χ2v) is 7.31. The predicted octanol–water partition coefficient (Wildman–Crippen LogP) is 3.47. The fourth-order valence-corrected chi connectivity index (χ4v) is 3.79. The maximum Gasteiger partial charge on any atom is 0.344 e. The molecule has 0 radical (unpaired) electrons. The van der Waals surface area contributed by atoms with Gasteiger partial charge in [-0.2, -0.15) is 0 Å². The van der Waals surface area contributed by atoms with Gasteiger partial charge in [-0.15, -0.1) is 0 Å². The molecule has 5 heteroatoms. The number of likely N-dealkylation sites (tertiary alicyclic amines) is 1. The first kappa shape index (κ1) is 17.7. The normalized spacial score (nSPS) is 15.3. The average molecular weight is 364 g/mol. The molecule has 3 aromatic rings. The number of piperidine rings is 1. The van der Waals surface area contributed by atoms with Gasteiger partial charge >= 0.3 is 5.63 Å². The Labute approximate surface area is 158 Å². The number of carbonyl (C=O) groups is 1. The van der Waals surface area contributed by atoms with E-state index in [1.54, 1.807) is 12.1 Å². The smallest absolute Gasteiger partial charge is 0.344 e. The van der Waals surface area contributed by atoms with Crippen LogP contribution in [0.2, 0.25) is 0 Å². The first-order valence-electron chi connectivity index (χ1n) is 9.59. The first-order valence-corrected chi connectivity index (χ1v) is 9.59. The van der Waals surface area contributed by atoms with Crippen molar-refractivity contribution in [3.05, 3.63) is 57.9 Å². The molecule has 1 saturated heterocycles. The molecule has 0 spiro atoms. The predicted molar refractivity (Wildman–Crippen MR) is 107 cm³/mol. The summed E-state index contributed by atoms with van der Waals surface area (Å²) in [5.74, 6) is -0.155. The van der Waals surface area contributed by atoms with Crippen molar-refractivity contribution in [2.75, 3.05) is 26.2 Å². The first-order chi connectivity index (χ1) is 13.1. The molecule has 2 aromatic carbocycles. The van der Waals surface area contributed by atoms with E-state index in [1.165, 1.54) is 19.3 Å². The Morgan fingerprint density at radius 1 is 1.04 bits per heavy atom. The van der Waals surface area contributed by atoms with Gasteiger partial charge in [0.25, 0.3) is 5.91 Å². The molecule has 4 rings (SSSR count). The van der Waals surface area contributed by atoms with Crippen LogP contribution < -0.4 is 10.9 Å². The molecule has 5 nitrogen and oxygen atoms in total. The van der Waals surface area contributed by atoms with Crippen LogP contribution in [-0.4, -0.2) is 37.0 Å². The zero-order valence-electron chi connectivity index (χ0n) is 15.6. The summed E-state index contributed by atoms with van der Waals surface area (Å²) in [6.45, 7) is 5.66. The summed E-state index contributed by atoms with van der Waals surface area (Å²) in [6, 6.07) is 11.0. The molecule has 1 aliphatic rings. The third kappa shape index (κ3) is 3.74. The monoisotopic (exact) mass is 364 g/mol. The van der Waals surface area contributed by atoms with Gasteiger partial charge in [0, 0.05) is 24.0 Å². The highest BCUT2D eigenvalue weighted by Crippen LogP contribution is 2.24. The van der Waals surface area contributed by atoms with Crippen LogP contribution in [0.15, 0.2) is 45.6 Å². The average Bonchev–Trinajstić information content (AvgIpc) is 2.68. The Bertz CT molecular complexity index is 1050. The molecule has 1 aliphatic heterocycles. The van der Waals surface area contributed by atoms with Crippen LogP contribution in [0, 0.1) is 6.92 Å². The van der Waals surface area contributed by atoms with Gasteiger partial charge in [0.1, 0.15) is 5.58 Å². The largest absolute Gasteiger partial charge is 0.422 e. The third-order valence-corrected chi connectivity index (χ3v) is 5.29. The van der Waals surface area contributed by atoms with Crippen molar-refractivity contribution < 1.29 is 9.21 Å². The molecule has 1 amide bonds. The molecule has 1 fully saturated rings. The van der Waals surface area contributed by atoms with E-state index >= 15 is 0 Å². The molecule has 2 heterocycles. The van der Waals surface area contributed by atoms with Crippen molar-refractivity contribution in [1.82, 2.24) is 10.2 Å². The Kier molecular flexibility index (Phi) is 4.94. The molecule has 1 N–H and O–H groups in total. The maximum absolute atomic E-state index is 12.5. The van der Waals surface area contributed by atoms with Crippen LogP contribution in [0.3, 0.4) is 0 Å². The molecule has 1 aromatic heterocycles. The minimum absolute atomic E-state index is 0.155. The topological polar surface area (TPSA) is 62.6 Å². The number of benzene rings is 2. The molecular formula is C22H24N2O3. The molecule has 0 aliphatic carbocycles. The molecule has 0 bridgehead atoms. The Morgan fingerprint density at radius 3 is 2.63 bits per heavy atom.